The zero-order chi connectivity index (χ0) is 21.9. The highest BCUT2D eigenvalue weighted by molar-refractivity contribution is 5.88. The molecule has 0 N–H and O–H groups in total. The topological polar surface area (TPSA) is 20.3 Å². The third kappa shape index (κ3) is 3.71. The lowest BCUT2D eigenvalue weighted by Gasteiger charge is -2.40. The van der Waals surface area contributed by atoms with Crippen LogP contribution in [-0.4, -0.2) is 17.4 Å². The number of amides is 1. The first-order chi connectivity index (χ1) is 15.7. The minimum Gasteiger partial charge on any atom is -0.330 e. The second kappa shape index (κ2) is 8.80. The number of rotatable bonds is 4. The van der Waals surface area contributed by atoms with Crippen molar-refractivity contribution in [2.24, 2.45) is 0 Å². The highest BCUT2D eigenvalue weighted by Crippen LogP contribution is 2.39. The average Bonchev–Trinajstić information content (AvgIpc) is 2.85. The Bertz CT molecular complexity index is 1180. The molecule has 0 radical (unpaired) electrons. The molecule has 0 saturated carbocycles. The number of fused-ring (bicyclic) bond motifs is 1. The first-order valence-corrected chi connectivity index (χ1v) is 11.0. The lowest BCUT2D eigenvalue weighted by molar-refractivity contribution is -0.134. The molecule has 32 heavy (non-hydrogen) atoms. The van der Waals surface area contributed by atoms with Crippen LogP contribution in [0.15, 0.2) is 109 Å². The van der Waals surface area contributed by atoms with E-state index in [9.17, 15) is 4.79 Å². The van der Waals surface area contributed by atoms with E-state index in [1.807, 2.05) is 89.8 Å². The second-order valence-electron chi connectivity index (χ2n) is 8.16. The van der Waals surface area contributed by atoms with Gasteiger partial charge in [-0.1, -0.05) is 103 Å². The maximum atomic E-state index is 15.0. The number of carbonyl (C=O) groups excluding carboxylic acids is 1. The molecule has 4 aromatic carbocycles. The Morgan fingerprint density at radius 2 is 1.25 bits per heavy atom. The van der Waals surface area contributed by atoms with E-state index in [0.717, 1.165) is 23.1 Å². The van der Waals surface area contributed by atoms with Crippen LogP contribution in [0.4, 0.5) is 4.39 Å². The average molecular weight is 422 g/mol. The molecule has 2 nitrogen and oxygen atoms in total. The number of hydrogen-bond donors (Lipinski definition) is 0. The van der Waals surface area contributed by atoms with Crippen LogP contribution in [0.25, 0.3) is 0 Å². The Balaban J connectivity index is 1.64. The molecule has 0 aromatic heterocycles. The maximum Gasteiger partial charge on any atom is 0.235 e. The van der Waals surface area contributed by atoms with Crippen LogP contribution in [0.1, 0.15) is 39.8 Å². The van der Waals surface area contributed by atoms with Gasteiger partial charge in [0.15, 0.2) is 0 Å². The molecule has 1 aliphatic rings. The number of carbonyl (C=O) groups is 1. The molecule has 1 heterocycles. The van der Waals surface area contributed by atoms with Gasteiger partial charge in [0.05, 0.1) is 12.0 Å². The van der Waals surface area contributed by atoms with Crippen molar-refractivity contribution in [3.63, 3.8) is 0 Å². The van der Waals surface area contributed by atoms with Crippen molar-refractivity contribution in [1.29, 1.82) is 0 Å². The summed E-state index contributed by atoms with van der Waals surface area (Å²) in [6.45, 7) is 0.547. The van der Waals surface area contributed by atoms with E-state index in [2.05, 4.69) is 6.07 Å². The van der Waals surface area contributed by atoms with Crippen molar-refractivity contribution >= 4 is 5.91 Å². The Morgan fingerprint density at radius 1 is 0.719 bits per heavy atom. The van der Waals surface area contributed by atoms with Gasteiger partial charge in [0.25, 0.3) is 0 Å². The first-order valence-electron chi connectivity index (χ1n) is 11.0. The number of benzene rings is 4. The van der Waals surface area contributed by atoms with Crippen molar-refractivity contribution in [3.8, 4) is 0 Å². The standard InChI is InChI=1S/C29H24FNO/c30-26-18-10-9-17-25(26)28-24-16-8-7-11-21(24)19-20-31(28)29(32)27(22-12-3-1-4-13-22)23-14-5-2-6-15-23/h1-18,27-28H,19-20H2/t28-/m0/s1. The monoisotopic (exact) mass is 421 g/mol. The maximum absolute atomic E-state index is 15.0. The molecule has 0 unspecified atom stereocenters. The third-order valence-corrected chi connectivity index (χ3v) is 6.28. The molecular weight excluding hydrogens is 397 g/mol. The molecule has 0 spiro atoms. The van der Waals surface area contributed by atoms with Crippen molar-refractivity contribution in [2.75, 3.05) is 6.54 Å². The van der Waals surface area contributed by atoms with Crippen molar-refractivity contribution in [1.82, 2.24) is 4.90 Å². The molecule has 158 valence electrons. The molecule has 1 atom stereocenters. The fourth-order valence-electron chi connectivity index (χ4n) is 4.77. The number of halogens is 1. The minimum atomic E-state index is -0.455. The lowest BCUT2D eigenvalue weighted by Crippen LogP contribution is -2.43. The Hall–Kier alpha value is -3.72. The number of nitrogens with zero attached hydrogens (tertiary/aromatic N) is 1. The summed E-state index contributed by atoms with van der Waals surface area (Å²) in [6.07, 6.45) is 0.753. The van der Waals surface area contributed by atoms with E-state index in [-0.39, 0.29) is 11.7 Å². The van der Waals surface area contributed by atoms with Gasteiger partial charge in [0, 0.05) is 12.1 Å². The van der Waals surface area contributed by atoms with Gasteiger partial charge in [-0.3, -0.25) is 4.79 Å². The van der Waals surface area contributed by atoms with Gasteiger partial charge >= 0.3 is 0 Å². The smallest absolute Gasteiger partial charge is 0.235 e. The van der Waals surface area contributed by atoms with Crippen LogP contribution in [0, 0.1) is 5.82 Å². The third-order valence-electron chi connectivity index (χ3n) is 6.28. The van der Waals surface area contributed by atoms with Crippen LogP contribution < -0.4 is 0 Å². The van der Waals surface area contributed by atoms with Gasteiger partial charge in [-0.15, -0.1) is 0 Å². The van der Waals surface area contributed by atoms with Crippen LogP contribution in [0.2, 0.25) is 0 Å². The normalized spacial score (nSPS) is 15.4. The molecule has 0 bridgehead atoms. The summed E-state index contributed by atoms with van der Waals surface area (Å²) >= 11 is 0. The summed E-state index contributed by atoms with van der Waals surface area (Å²) in [5, 5.41) is 0. The van der Waals surface area contributed by atoms with Crippen molar-refractivity contribution < 1.29 is 9.18 Å². The summed E-state index contributed by atoms with van der Waals surface area (Å²) in [4.78, 5) is 16.1. The molecule has 0 saturated heterocycles. The van der Waals surface area contributed by atoms with E-state index in [1.54, 1.807) is 12.1 Å². The largest absolute Gasteiger partial charge is 0.330 e. The summed E-state index contributed by atoms with van der Waals surface area (Å²) in [5.41, 5.74) is 4.58. The molecule has 4 aromatic rings. The summed E-state index contributed by atoms with van der Waals surface area (Å²) < 4.78 is 15.0. The lowest BCUT2D eigenvalue weighted by atomic mass is 9.84. The van der Waals surface area contributed by atoms with E-state index < -0.39 is 12.0 Å². The highest BCUT2D eigenvalue weighted by atomic mass is 19.1. The molecular formula is C29H24FNO. The first kappa shape index (κ1) is 20.2. The minimum absolute atomic E-state index is 0.00911. The highest BCUT2D eigenvalue weighted by Gasteiger charge is 2.37. The zero-order valence-corrected chi connectivity index (χ0v) is 17.7. The SMILES string of the molecule is O=C(C(c1ccccc1)c1ccccc1)N1CCc2ccccc2[C@H]1c1ccccc1F. The second-order valence-corrected chi connectivity index (χ2v) is 8.16. The Morgan fingerprint density at radius 3 is 1.88 bits per heavy atom. The van der Waals surface area contributed by atoms with Crippen LogP contribution >= 0.6 is 0 Å². The zero-order valence-electron chi connectivity index (χ0n) is 17.7. The van der Waals surface area contributed by atoms with Crippen LogP contribution in [0.3, 0.4) is 0 Å². The van der Waals surface area contributed by atoms with Gasteiger partial charge in [-0.2, -0.15) is 0 Å². The fourth-order valence-corrected chi connectivity index (χ4v) is 4.77. The molecule has 1 amide bonds. The van der Waals surface area contributed by atoms with Crippen molar-refractivity contribution in [3.05, 3.63) is 143 Å². The van der Waals surface area contributed by atoms with Gasteiger partial charge in [-0.05, 0) is 34.7 Å². The molecule has 5 rings (SSSR count). The van der Waals surface area contributed by atoms with E-state index in [4.69, 9.17) is 0 Å². The van der Waals surface area contributed by atoms with Gasteiger partial charge in [0.2, 0.25) is 5.91 Å². The van der Waals surface area contributed by atoms with E-state index in [0.29, 0.717) is 12.1 Å². The van der Waals surface area contributed by atoms with Crippen LogP contribution in [0.5, 0.6) is 0 Å². The quantitative estimate of drug-likeness (QED) is 0.388. The summed E-state index contributed by atoms with van der Waals surface area (Å²) in [6, 6.07) is 34.1. The van der Waals surface area contributed by atoms with Crippen molar-refractivity contribution in [2.45, 2.75) is 18.4 Å². The molecule has 3 heteroatoms. The number of hydrogen-bond acceptors (Lipinski definition) is 1. The predicted molar refractivity (Wildman–Crippen MR) is 125 cm³/mol. The van der Waals surface area contributed by atoms with Crippen LogP contribution in [-0.2, 0) is 11.2 Å². The summed E-state index contributed by atoms with van der Waals surface area (Å²) in [5.74, 6) is -0.745. The predicted octanol–water partition coefficient (Wildman–Crippen LogP) is 6.13. The van der Waals surface area contributed by atoms with E-state index in [1.165, 1.54) is 11.6 Å². The Kier molecular flexibility index (Phi) is 5.55. The van der Waals surface area contributed by atoms with Gasteiger partial charge in [0.1, 0.15) is 5.82 Å². The van der Waals surface area contributed by atoms with Gasteiger partial charge < -0.3 is 4.90 Å². The van der Waals surface area contributed by atoms with Gasteiger partial charge in [-0.25, -0.2) is 4.39 Å². The molecule has 0 aliphatic carbocycles. The molecule has 0 fully saturated rings. The Labute approximate surface area is 188 Å². The molecule has 1 aliphatic heterocycles. The van der Waals surface area contributed by atoms with E-state index >= 15 is 4.39 Å². The fraction of sp³-hybridized carbons (Fsp3) is 0.138. The summed E-state index contributed by atoms with van der Waals surface area (Å²) in [7, 11) is 0.